The number of para-hydroxylation sites is 4. The highest BCUT2D eigenvalue weighted by Crippen LogP contribution is 2.45. The third kappa shape index (κ3) is 8.20. The molecule has 3 nitrogen and oxygen atoms in total. The lowest BCUT2D eigenvalue weighted by Crippen LogP contribution is -1.93. The summed E-state index contributed by atoms with van der Waals surface area (Å²) >= 11 is 3.77. The molecule has 0 fully saturated rings. The fraction of sp³-hybridized carbons (Fsp3) is 0.0270. The van der Waals surface area contributed by atoms with Gasteiger partial charge in [0.2, 0.25) is 0 Å². The van der Waals surface area contributed by atoms with Gasteiger partial charge in [-0.1, -0.05) is 183 Å². The van der Waals surface area contributed by atoms with Crippen molar-refractivity contribution in [3.63, 3.8) is 0 Å². The number of thiophene rings is 2. The Balaban J connectivity index is 0.000000328. The first-order valence-corrected chi connectivity index (χ1v) is 28.4. The van der Waals surface area contributed by atoms with E-state index in [2.05, 4.69) is 245 Å². The van der Waals surface area contributed by atoms with Crippen molar-refractivity contribution < 1.29 is 0 Å². The van der Waals surface area contributed by atoms with Crippen molar-refractivity contribution >= 4 is 124 Å². The van der Waals surface area contributed by atoms with E-state index in [9.17, 15) is 0 Å². The van der Waals surface area contributed by atoms with Crippen molar-refractivity contribution in [1.29, 1.82) is 0 Å². The second-order valence-electron chi connectivity index (χ2n) is 19.8. The summed E-state index contributed by atoms with van der Waals surface area (Å²) in [5, 5.41) is 11.2. The molecule has 0 radical (unpaired) electrons. The van der Waals surface area contributed by atoms with E-state index in [1.54, 1.807) is 0 Å². The number of hydrogen-bond donors (Lipinski definition) is 1. The quantitative estimate of drug-likeness (QED) is 0.161. The van der Waals surface area contributed by atoms with Crippen LogP contribution in [0, 0.1) is 12.1 Å². The molecule has 11 aromatic carbocycles. The van der Waals surface area contributed by atoms with Gasteiger partial charge in [0.25, 0.3) is 0 Å². The number of allylic oxidation sites excluding steroid dienone is 2. The molecule has 0 spiro atoms. The van der Waals surface area contributed by atoms with E-state index >= 15 is 0 Å². The average Bonchev–Trinajstić information content (AvgIpc) is 4.54. The zero-order chi connectivity index (χ0) is 53.0. The van der Waals surface area contributed by atoms with Crippen molar-refractivity contribution in [2.24, 2.45) is 0 Å². The highest BCUT2D eigenvalue weighted by atomic mass is 32.1. The Morgan fingerprint density at radius 1 is 0.418 bits per heavy atom. The molecule has 374 valence electrons. The zero-order valence-electron chi connectivity index (χ0n) is 43.7. The Morgan fingerprint density at radius 2 is 0.886 bits per heavy atom. The maximum atomic E-state index is 3.73. The van der Waals surface area contributed by atoms with Crippen LogP contribution >= 0.6 is 22.7 Å². The topological polar surface area (TPSA) is 25.6 Å². The molecular weight excluding hydrogens is 995 g/mol. The summed E-state index contributed by atoms with van der Waals surface area (Å²) in [5.74, 6) is 0. The van der Waals surface area contributed by atoms with Crippen LogP contribution in [0.3, 0.4) is 0 Å². The molecule has 0 unspecified atom stereocenters. The van der Waals surface area contributed by atoms with Gasteiger partial charge >= 0.3 is 0 Å². The predicted molar refractivity (Wildman–Crippen MR) is 344 cm³/mol. The fourth-order valence-electron chi connectivity index (χ4n) is 11.6. The van der Waals surface area contributed by atoms with Gasteiger partial charge < -0.3 is 14.1 Å². The van der Waals surface area contributed by atoms with Gasteiger partial charge in [-0.05, 0) is 138 Å². The molecule has 0 saturated carbocycles. The summed E-state index contributed by atoms with van der Waals surface area (Å²) < 4.78 is 9.99. The van der Waals surface area contributed by atoms with E-state index in [0.717, 1.165) is 16.6 Å². The molecule has 16 rings (SSSR count). The summed E-state index contributed by atoms with van der Waals surface area (Å²) in [4.78, 5) is 3.17. The van der Waals surface area contributed by atoms with Crippen LogP contribution in [0.15, 0.2) is 255 Å². The minimum absolute atomic E-state index is 1.10. The predicted octanol–water partition coefficient (Wildman–Crippen LogP) is 21.6. The van der Waals surface area contributed by atoms with Gasteiger partial charge in [0.15, 0.2) is 0 Å². The lowest BCUT2D eigenvalue weighted by molar-refractivity contribution is 1.19. The molecule has 5 aromatic heterocycles. The Labute approximate surface area is 466 Å². The number of rotatable bonds is 6. The second-order valence-corrected chi connectivity index (χ2v) is 21.9. The Kier molecular flexibility index (Phi) is 12.1. The Bertz CT molecular complexity index is 4650. The van der Waals surface area contributed by atoms with E-state index in [1.807, 2.05) is 79.1 Å². The molecule has 79 heavy (non-hydrogen) atoms. The zero-order valence-corrected chi connectivity index (χ0v) is 45.3. The maximum Gasteiger partial charge on any atom is 0.0631 e. The third-order valence-electron chi connectivity index (χ3n) is 15.3. The van der Waals surface area contributed by atoms with Crippen molar-refractivity contribution in [3.8, 4) is 44.8 Å². The van der Waals surface area contributed by atoms with Crippen LogP contribution in [0.4, 0.5) is 0 Å². The Hall–Kier alpha value is -9.70. The summed E-state index contributed by atoms with van der Waals surface area (Å²) in [5.41, 5.74) is 16.8. The number of nitrogens with one attached hydrogen (secondary N) is 1. The number of H-pyrrole nitrogens is 1. The molecule has 1 N–H and O–H groups in total. The number of aromatic nitrogens is 3. The van der Waals surface area contributed by atoms with Gasteiger partial charge in [-0.15, -0.1) is 22.7 Å². The minimum Gasteiger partial charge on any atom is -0.361 e. The number of nitrogens with zero attached hydrogens (tertiary/aromatic N) is 2. The van der Waals surface area contributed by atoms with Crippen LogP contribution in [0.5, 0.6) is 0 Å². The first-order chi connectivity index (χ1) is 39.1. The number of fused-ring (bicyclic) bond motifs is 13. The molecule has 0 atom stereocenters. The maximum absolute atomic E-state index is 3.73. The van der Waals surface area contributed by atoms with Crippen molar-refractivity contribution in [1.82, 2.24) is 14.1 Å². The lowest BCUT2D eigenvalue weighted by Gasteiger charge is -2.10. The first kappa shape index (κ1) is 47.7. The molecule has 0 aliphatic carbocycles. The molecule has 0 saturated heterocycles. The van der Waals surface area contributed by atoms with Gasteiger partial charge in [-0.3, -0.25) is 0 Å². The average molecular weight is 1050 g/mol. The van der Waals surface area contributed by atoms with Crippen LogP contribution in [-0.2, 0) is 0 Å². The van der Waals surface area contributed by atoms with Crippen LogP contribution < -0.4 is 0 Å². The summed E-state index contributed by atoms with van der Waals surface area (Å²) in [6.45, 7) is 7.73. The van der Waals surface area contributed by atoms with E-state index < -0.39 is 0 Å². The highest BCUT2D eigenvalue weighted by molar-refractivity contribution is 7.26. The van der Waals surface area contributed by atoms with E-state index in [4.69, 9.17) is 0 Å². The van der Waals surface area contributed by atoms with E-state index in [0.29, 0.717) is 0 Å². The van der Waals surface area contributed by atoms with Crippen LogP contribution in [0.1, 0.15) is 19.4 Å². The van der Waals surface area contributed by atoms with Gasteiger partial charge in [0.05, 0.1) is 27.5 Å². The van der Waals surface area contributed by atoms with Crippen LogP contribution in [-0.4, -0.2) is 14.1 Å². The lowest BCUT2D eigenvalue weighted by atomic mass is 9.95. The minimum atomic E-state index is 1.10. The summed E-state index contributed by atoms with van der Waals surface area (Å²) in [7, 11) is 0. The standard InChI is InChI=1S/C60H34N2S2.C10H9N.C4H8/c1-5-25-53-45(17-1)46-18-2-6-26-54(46)61(53)41-29-31-57-51(35-41)49-23-11-21-43(59(49)63-57)39-15-9-13-37(33-39)38-14-10-16-40(34-38)44-22-12-24-50-52-36-42(30-32-58(52)64-60(44)50)62-55-27-7-3-19-47(55)48-20-4-8-28-56(48)62;1-2-8-7-11-10-6-4-3-5-9(8)10;1-3-4-2/h1-3,5-19,21-36H;2-7,11H,1H2;3-4H,1-2H3/b;;4-3-. The molecule has 5 heterocycles. The monoisotopic (exact) mass is 1050 g/mol. The molecule has 0 aliphatic heterocycles. The fourth-order valence-corrected chi connectivity index (χ4v) is 14.0. The van der Waals surface area contributed by atoms with Gasteiger partial charge in [0.1, 0.15) is 0 Å². The molecule has 0 bridgehead atoms. The van der Waals surface area contributed by atoms with Crippen LogP contribution in [0.25, 0.3) is 146 Å². The third-order valence-corrected chi connectivity index (χ3v) is 17.8. The normalized spacial score (nSPS) is 11.6. The molecule has 5 heteroatoms. The van der Waals surface area contributed by atoms with Crippen molar-refractivity contribution in [2.75, 3.05) is 0 Å². The molecule has 0 aliphatic rings. The first-order valence-electron chi connectivity index (χ1n) is 26.7. The van der Waals surface area contributed by atoms with E-state index in [1.165, 1.54) is 129 Å². The SMILES string of the molecule is C/C=C\C.C=Cc1c[nH]c2ccccc12.c1ccc2c(c#1)c1ccccc1n2-c1ccc2sc3c(-c4cccc(-c5cccc(-c6cccc7c6sc6ccc(-n8c9ccccc9c9ccccc98)cc67)c5)c4)cccc3c2c1. The van der Waals surface area contributed by atoms with Crippen LogP contribution in [0.2, 0.25) is 0 Å². The number of hydrogen-bond acceptors (Lipinski definition) is 2. The summed E-state index contributed by atoms with van der Waals surface area (Å²) in [6, 6.07) is 90.6. The Morgan fingerprint density at radius 3 is 1.44 bits per heavy atom. The number of benzene rings is 10. The molecule has 16 aromatic rings. The van der Waals surface area contributed by atoms with Gasteiger partial charge in [-0.25, -0.2) is 0 Å². The van der Waals surface area contributed by atoms with Crippen molar-refractivity contribution in [2.45, 2.75) is 13.8 Å². The largest absolute Gasteiger partial charge is 0.361 e. The van der Waals surface area contributed by atoms with E-state index in [-0.39, 0.29) is 0 Å². The van der Waals surface area contributed by atoms with Gasteiger partial charge in [-0.2, -0.15) is 0 Å². The number of aromatic amines is 1. The molecular formula is C74H51N3S2. The summed E-state index contributed by atoms with van der Waals surface area (Å²) in [6.07, 6.45) is 7.83. The smallest absolute Gasteiger partial charge is 0.0631 e. The highest BCUT2D eigenvalue weighted by Gasteiger charge is 2.18. The second kappa shape index (κ2) is 20.0. The molecule has 0 amide bonds. The van der Waals surface area contributed by atoms with Gasteiger partial charge in [0, 0.05) is 85.0 Å². The van der Waals surface area contributed by atoms with Crippen molar-refractivity contribution in [3.05, 3.63) is 273 Å².